The molecular weight excluding hydrogens is 208 g/mol. The molecule has 2 saturated heterocycles. The monoisotopic (exact) mass is 236 g/mol. The van der Waals surface area contributed by atoms with Crippen LogP contribution in [0.25, 0.3) is 0 Å². The summed E-state index contributed by atoms with van der Waals surface area (Å²) in [5, 5.41) is 3.50. The second-order valence-electron chi connectivity index (χ2n) is 7.02. The highest BCUT2D eigenvalue weighted by atomic mass is 15.1. The lowest BCUT2D eigenvalue weighted by Gasteiger charge is -2.36. The van der Waals surface area contributed by atoms with Crippen LogP contribution in [-0.4, -0.2) is 37.6 Å². The predicted octanol–water partition coefficient (Wildman–Crippen LogP) is 2.35. The van der Waals surface area contributed by atoms with E-state index >= 15 is 0 Å². The molecule has 17 heavy (non-hydrogen) atoms. The van der Waals surface area contributed by atoms with E-state index in [4.69, 9.17) is 0 Å². The third-order valence-corrected chi connectivity index (χ3v) is 5.86. The first-order valence-corrected chi connectivity index (χ1v) is 7.63. The van der Waals surface area contributed by atoms with Crippen molar-refractivity contribution in [3.05, 3.63) is 0 Å². The molecule has 3 aliphatic rings. The van der Waals surface area contributed by atoms with E-state index in [1.807, 2.05) is 0 Å². The lowest BCUT2D eigenvalue weighted by atomic mass is 9.88. The molecule has 2 nitrogen and oxygen atoms in total. The molecule has 3 fully saturated rings. The van der Waals surface area contributed by atoms with Crippen molar-refractivity contribution in [2.24, 2.45) is 23.2 Å². The Bertz CT molecular complexity index is 268. The van der Waals surface area contributed by atoms with E-state index in [0.29, 0.717) is 0 Å². The third-order valence-electron chi connectivity index (χ3n) is 5.86. The Morgan fingerprint density at radius 1 is 1.18 bits per heavy atom. The topological polar surface area (TPSA) is 15.3 Å². The van der Waals surface area contributed by atoms with Gasteiger partial charge in [0.05, 0.1) is 0 Å². The summed E-state index contributed by atoms with van der Waals surface area (Å²) in [6, 6.07) is 0. The molecule has 1 saturated carbocycles. The molecule has 1 aliphatic carbocycles. The summed E-state index contributed by atoms with van der Waals surface area (Å²) in [4.78, 5) is 2.76. The number of nitrogens with zero attached hydrogens (tertiary/aromatic N) is 1. The van der Waals surface area contributed by atoms with Crippen LogP contribution in [0.3, 0.4) is 0 Å². The molecule has 2 aliphatic heterocycles. The molecule has 0 amide bonds. The summed E-state index contributed by atoms with van der Waals surface area (Å²) in [5.74, 6) is 2.88. The molecule has 0 radical (unpaired) electrons. The van der Waals surface area contributed by atoms with Gasteiger partial charge < -0.3 is 10.2 Å². The second-order valence-corrected chi connectivity index (χ2v) is 7.02. The minimum atomic E-state index is 0.775. The molecule has 0 aromatic heterocycles. The molecule has 0 bridgehead atoms. The quantitative estimate of drug-likeness (QED) is 0.792. The lowest BCUT2D eigenvalue weighted by molar-refractivity contribution is 0.125. The van der Waals surface area contributed by atoms with Crippen molar-refractivity contribution in [2.45, 2.75) is 39.5 Å². The minimum Gasteiger partial charge on any atom is -0.317 e. The number of rotatable bonds is 2. The van der Waals surface area contributed by atoms with Crippen molar-refractivity contribution in [1.82, 2.24) is 10.2 Å². The van der Waals surface area contributed by atoms with Crippen molar-refractivity contribution in [2.75, 3.05) is 32.7 Å². The van der Waals surface area contributed by atoms with Crippen LogP contribution in [-0.2, 0) is 0 Å². The summed E-state index contributed by atoms with van der Waals surface area (Å²) in [5.41, 5.74) is 0.775. The van der Waals surface area contributed by atoms with E-state index in [-0.39, 0.29) is 0 Å². The summed E-state index contributed by atoms with van der Waals surface area (Å²) in [6.07, 6.45) is 5.83. The fourth-order valence-corrected chi connectivity index (χ4v) is 4.05. The molecule has 0 aromatic rings. The third kappa shape index (κ3) is 2.39. The van der Waals surface area contributed by atoms with Gasteiger partial charge in [0.1, 0.15) is 0 Å². The van der Waals surface area contributed by atoms with Gasteiger partial charge in [-0.1, -0.05) is 13.8 Å². The number of likely N-dealkylation sites (tertiary alicyclic amines) is 1. The summed E-state index contributed by atoms with van der Waals surface area (Å²) >= 11 is 0. The van der Waals surface area contributed by atoms with E-state index in [0.717, 1.165) is 23.2 Å². The lowest BCUT2D eigenvalue weighted by Crippen LogP contribution is -2.40. The maximum Gasteiger partial charge on any atom is 0.00153 e. The first-order chi connectivity index (χ1) is 8.20. The standard InChI is InChI=1S/C15H28N2/c1-12-3-8-17(10-13(12)2)11-14-9-15(14)4-6-16-7-5-15/h12-14,16H,3-11H2,1-2H3. The predicted molar refractivity (Wildman–Crippen MR) is 72.0 cm³/mol. The minimum absolute atomic E-state index is 0.775. The molecule has 0 aromatic carbocycles. The smallest absolute Gasteiger partial charge is 0.00153 e. The van der Waals surface area contributed by atoms with Crippen molar-refractivity contribution in [3.63, 3.8) is 0 Å². The van der Waals surface area contributed by atoms with E-state index in [1.165, 1.54) is 58.4 Å². The zero-order chi connectivity index (χ0) is 11.9. The average molecular weight is 236 g/mol. The molecule has 3 atom stereocenters. The first kappa shape index (κ1) is 12.0. The highest BCUT2D eigenvalue weighted by Crippen LogP contribution is 2.58. The van der Waals surface area contributed by atoms with Crippen molar-refractivity contribution in [1.29, 1.82) is 0 Å². The Morgan fingerprint density at radius 2 is 1.94 bits per heavy atom. The first-order valence-electron chi connectivity index (χ1n) is 7.63. The van der Waals surface area contributed by atoms with Crippen LogP contribution in [0.5, 0.6) is 0 Å². The Morgan fingerprint density at radius 3 is 2.65 bits per heavy atom. The van der Waals surface area contributed by atoms with Crippen LogP contribution in [0.2, 0.25) is 0 Å². The highest BCUT2D eigenvalue weighted by Gasteiger charge is 2.53. The molecule has 3 unspecified atom stereocenters. The van der Waals surface area contributed by atoms with Gasteiger partial charge in [0.15, 0.2) is 0 Å². The fraction of sp³-hybridized carbons (Fsp3) is 1.00. The number of piperidine rings is 2. The van der Waals surface area contributed by atoms with Crippen LogP contribution in [0.1, 0.15) is 39.5 Å². The molecule has 3 rings (SSSR count). The fourth-order valence-electron chi connectivity index (χ4n) is 4.05. The van der Waals surface area contributed by atoms with Crippen LogP contribution >= 0.6 is 0 Å². The van der Waals surface area contributed by atoms with Gasteiger partial charge in [-0.25, -0.2) is 0 Å². The van der Waals surface area contributed by atoms with Crippen LogP contribution in [0.4, 0.5) is 0 Å². The van der Waals surface area contributed by atoms with Gasteiger partial charge in [-0.2, -0.15) is 0 Å². The summed E-state index contributed by atoms with van der Waals surface area (Å²) in [7, 11) is 0. The van der Waals surface area contributed by atoms with E-state index in [1.54, 1.807) is 0 Å². The van der Waals surface area contributed by atoms with Crippen molar-refractivity contribution >= 4 is 0 Å². The average Bonchev–Trinajstić information content (AvgIpc) is 2.97. The number of hydrogen-bond donors (Lipinski definition) is 1. The highest BCUT2D eigenvalue weighted by molar-refractivity contribution is 5.05. The summed E-state index contributed by atoms with van der Waals surface area (Å²) in [6.45, 7) is 11.5. The normalized spacial score (nSPS) is 41.6. The van der Waals surface area contributed by atoms with E-state index in [2.05, 4.69) is 24.1 Å². The van der Waals surface area contributed by atoms with Crippen LogP contribution in [0, 0.1) is 23.2 Å². The Kier molecular flexibility index (Phi) is 3.20. The van der Waals surface area contributed by atoms with Gasteiger partial charge in [-0.15, -0.1) is 0 Å². The SMILES string of the molecule is CC1CCN(CC2CC23CCNCC3)CC1C. The van der Waals surface area contributed by atoms with Crippen molar-refractivity contribution < 1.29 is 0 Å². The van der Waals surface area contributed by atoms with Gasteiger partial charge in [0, 0.05) is 13.1 Å². The van der Waals surface area contributed by atoms with Crippen LogP contribution < -0.4 is 5.32 Å². The molecule has 2 heteroatoms. The largest absolute Gasteiger partial charge is 0.317 e. The van der Waals surface area contributed by atoms with Gasteiger partial charge in [0.2, 0.25) is 0 Å². The molecular formula is C15H28N2. The second kappa shape index (κ2) is 4.55. The number of nitrogens with one attached hydrogen (secondary N) is 1. The molecule has 98 valence electrons. The maximum atomic E-state index is 3.50. The van der Waals surface area contributed by atoms with Gasteiger partial charge in [0.25, 0.3) is 0 Å². The zero-order valence-corrected chi connectivity index (χ0v) is 11.5. The Labute approximate surface area is 106 Å². The van der Waals surface area contributed by atoms with Crippen molar-refractivity contribution in [3.8, 4) is 0 Å². The Balaban J connectivity index is 1.49. The van der Waals surface area contributed by atoms with Crippen LogP contribution in [0.15, 0.2) is 0 Å². The molecule has 2 heterocycles. The molecule has 1 N–H and O–H groups in total. The van der Waals surface area contributed by atoms with Gasteiger partial charge in [-0.3, -0.25) is 0 Å². The van der Waals surface area contributed by atoms with Gasteiger partial charge >= 0.3 is 0 Å². The zero-order valence-electron chi connectivity index (χ0n) is 11.5. The number of hydrogen-bond acceptors (Lipinski definition) is 2. The maximum absolute atomic E-state index is 3.50. The van der Waals surface area contributed by atoms with E-state index in [9.17, 15) is 0 Å². The Hall–Kier alpha value is -0.0800. The van der Waals surface area contributed by atoms with Gasteiger partial charge in [-0.05, 0) is 68.5 Å². The summed E-state index contributed by atoms with van der Waals surface area (Å²) < 4.78 is 0. The van der Waals surface area contributed by atoms with E-state index < -0.39 is 0 Å². The molecule has 1 spiro atoms.